The molecule has 2 rings (SSSR count). The molecule has 6 nitrogen and oxygen atoms in total. The minimum atomic E-state index is -0.822. The van der Waals surface area contributed by atoms with Gasteiger partial charge in [0.2, 0.25) is 5.91 Å². The van der Waals surface area contributed by atoms with Crippen LogP contribution in [0.3, 0.4) is 0 Å². The van der Waals surface area contributed by atoms with Gasteiger partial charge in [0.05, 0.1) is 11.8 Å². The van der Waals surface area contributed by atoms with Crippen LogP contribution in [-0.4, -0.2) is 40.6 Å². The first-order valence-electron chi connectivity index (χ1n) is 9.11. The molecule has 0 N–H and O–H groups in total. The zero-order chi connectivity index (χ0) is 19.0. The van der Waals surface area contributed by atoms with Gasteiger partial charge in [0.1, 0.15) is 11.2 Å². The summed E-state index contributed by atoms with van der Waals surface area (Å²) >= 11 is 0. The van der Waals surface area contributed by atoms with Crippen molar-refractivity contribution in [2.75, 3.05) is 6.54 Å². The Balaban J connectivity index is 2.20. The van der Waals surface area contributed by atoms with Crippen LogP contribution in [0.5, 0.6) is 0 Å². The van der Waals surface area contributed by atoms with Crippen molar-refractivity contribution in [3.63, 3.8) is 0 Å². The number of amides is 2. The summed E-state index contributed by atoms with van der Waals surface area (Å²) in [6, 6.07) is 0. The second-order valence-electron chi connectivity index (χ2n) is 9.26. The molecule has 0 aromatic carbocycles. The summed E-state index contributed by atoms with van der Waals surface area (Å²) in [5.41, 5.74) is -2.08. The number of nitrogens with zero attached hydrogens (tertiary/aromatic N) is 1. The van der Waals surface area contributed by atoms with Crippen molar-refractivity contribution >= 4 is 18.0 Å². The fourth-order valence-electron chi connectivity index (χ4n) is 3.85. The number of carbonyl (C=O) groups is 3. The molecule has 6 heteroatoms. The molecular weight excluding hydrogens is 322 g/mol. The predicted molar refractivity (Wildman–Crippen MR) is 92.8 cm³/mol. The van der Waals surface area contributed by atoms with E-state index in [2.05, 4.69) is 0 Å². The van der Waals surface area contributed by atoms with Gasteiger partial charge in [0.15, 0.2) is 0 Å². The lowest BCUT2D eigenvalue weighted by Gasteiger charge is -2.36. The topological polar surface area (TPSA) is 72.9 Å². The van der Waals surface area contributed by atoms with E-state index in [4.69, 9.17) is 9.47 Å². The molecule has 142 valence electrons. The van der Waals surface area contributed by atoms with E-state index in [1.807, 2.05) is 20.8 Å². The average Bonchev–Trinajstić information content (AvgIpc) is 2.68. The maximum absolute atomic E-state index is 13.1. The number of hydrogen-bond donors (Lipinski definition) is 0. The lowest BCUT2D eigenvalue weighted by molar-refractivity contribution is -0.162. The second-order valence-corrected chi connectivity index (χ2v) is 9.26. The number of carbonyl (C=O) groups excluding carboxylic acids is 3. The number of likely N-dealkylation sites (tertiary alicyclic amines) is 1. The summed E-state index contributed by atoms with van der Waals surface area (Å²) in [7, 11) is 0. The normalized spacial score (nSPS) is 27.0. The molecule has 2 atom stereocenters. The summed E-state index contributed by atoms with van der Waals surface area (Å²) in [6.07, 6.45) is 2.77. The van der Waals surface area contributed by atoms with Gasteiger partial charge in [-0.1, -0.05) is 12.8 Å². The van der Waals surface area contributed by atoms with Crippen molar-refractivity contribution in [2.24, 2.45) is 11.3 Å². The molecule has 0 aromatic heterocycles. The quantitative estimate of drug-likeness (QED) is 0.708. The molecule has 1 saturated heterocycles. The third-order valence-electron chi connectivity index (χ3n) is 4.77. The van der Waals surface area contributed by atoms with Crippen LogP contribution in [0, 0.1) is 11.3 Å². The van der Waals surface area contributed by atoms with E-state index < -0.39 is 22.7 Å². The van der Waals surface area contributed by atoms with Gasteiger partial charge < -0.3 is 9.47 Å². The average molecular weight is 353 g/mol. The van der Waals surface area contributed by atoms with Crippen LogP contribution < -0.4 is 0 Å². The maximum atomic E-state index is 13.1. The Labute approximate surface area is 150 Å². The minimum absolute atomic E-state index is 0.00575. The van der Waals surface area contributed by atoms with Gasteiger partial charge >= 0.3 is 12.1 Å². The molecule has 1 aliphatic carbocycles. The maximum Gasteiger partial charge on any atom is 0.417 e. The van der Waals surface area contributed by atoms with Crippen LogP contribution in [-0.2, 0) is 19.1 Å². The zero-order valence-electron chi connectivity index (χ0n) is 16.3. The van der Waals surface area contributed by atoms with Gasteiger partial charge in [-0.05, 0) is 60.3 Å². The van der Waals surface area contributed by atoms with Gasteiger partial charge in [0, 0.05) is 6.54 Å². The summed E-state index contributed by atoms with van der Waals surface area (Å²) in [5, 5.41) is 0. The summed E-state index contributed by atoms with van der Waals surface area (Å²) < 4.78 is 10.8. The number of fused-ring (bicyclic) bond motifs is 1. The van der Waals surface area contributed by atoms with Gasteiger partial charge in [-0.25, -0.2) is 9.69 Å². The first-order chi connectivity index (χ1) is 11.3. The largest absolute Gasteiger partial charge is 0.460 e. The smallest absolute Gasteiger partial charge is 0.417 e. The Morgan fingerprint density at radius 3 is 2.24 bits per heavy atom. The van der Waals surface area contributed by atoms with Crippen LogP contribution in [0.2, 0.25) is 0 Å². The van der Waals surface area contributed by atoms with Crippen LogP contribution in [0.15, 0.2) is 0 Å². The Kier molecular flexibility index (Phi) is 5.22. The van der Waals surface area contributed by atoms with E-state index >= 15 is 0 Å². The van der Waals surface area contributed by atoms with Gasteiger partial charge in [-0.2, -0.15) is 0 Å². The lowest BCUT2D eigenvalue weighted by Crippen LogP contribution is -2.44. The van der Waals surface area contributed by atoms with E-state index in [1.54, 1.807) is 20.8 Å². The lowest BCUT2D eigenvalue weighted by atomic mass is 9.66. The molecule has 2 fully saturated rings. The van der Waals surface area contributed by atoms with Crippen molar-refractivity contribution < 1.29 is 23.9 Å². The van der Waals surface area contributed by atoms with Crippen LogP contribution >= 0.6 is 0 Å². The van der Waals surface area contributed by atoms with Gasteiger partial charge in [0.25, 0.3) is 0 Å². The Morgan fingerprint density at radius 2 is 1.68 bits per heavy atom. The van der Waals surface area contributed by atoms with E-state index in [1.165, 1.54) is 4.90 Å². The highest BCUT2D eigenvalue weighted by atomic mass is 16.6. The molecule has 1 saturated carbocycles. The first-order valence-corrected chi connectivity index (χ1v) is 9.11. The van der Waals surface area contributed by atoms with Crippen molar-refractivity contribution in [2.45, 2.75) is 84.8 Å². The highest BCUT2D eigenvalue weighted by Crippen LogP contribution is 2.50. The van der Waals surface area contributed by atoms with Crippen molar-refractivity contribution in [3.8, 4) is 0 Å². The molecule has 1 aliphatic heterocycles. The zero-order valence-corrected chi connectivity index (χ0v) is 16.3. The number of hydrogen-bond acceptors (Lipinski definition) is 5. The van der Waals surface area contributed by atoms with Crippen LogP contribution in [0.4, 0.5) is 4.79 Å². The number of rotatable bonds is 2. The van der Waals surface area contributed by atoms with Crippen molar-refractivity contribution in [1.29, 1.82) is 0 Å². The molecule has 0 radical (unpaired) electrons. The third kappa shape index (κ3) is 4.53. The van der Waals surface area contributed by atoms with Crippen molar-refractivity contribution in [3.05, 3.63) is 0 Å². The summed E-state index contributed by atoms with van der Waals surface area (Å²) in [5.74, 6) is -0.662. The Morgan fingerprint density at radius 1 is 1.08 bits per heavy atom. The Bertz CT molecular complexity index is 557. The number of ether oxygens (including phenoxy) is 2. The summed E-state index contributed by atoms with van der Waals surface area (Å²) in [6.45, 7) is 11.1. The second kappa shape index (κ2) is 6.61. The number of esters is 1. The van der Waals surface area contributed by atoms with Crippen LogP contribution in [0.1, 0.15) is 73.6 Å². The fourth-order valence-corrected chi connectivity index (χ4v) is 3.85. The van der Waals surface area contributed by atoms with E-state index in [9.17, 15) is 14.4 Å². The summed E-state index contributed by atoms with van der Waals surface area (Å²) in [4.78, 5) is 39.2. The predicted octanol–water partition coefficient (Wildman–Crippen LogP) is 3.67. The molecule has 0 aromatic rings. The van der Waals surface area contributed by atoms with E-state index in [0.29, 0.717) is 13.0 Å². The standard InChI is InChI=1S/C19H31NO5/c1-17(2,3)24-14(21)11-19-10-8-7-9-13(19)12-20(15(19)22)16(23)25-18(4,5)6/h13H,7-12H2,1-6H3. The number of imide groups is 1. The molecule has 0 bridgehead atoms. The van der Waals surface area contributed by atoms with Gasteiger partial charge in [-0.3, -0.25) is 9.59 Å². The molecule has 2 unspecified atom stereocenters. The molecule has 1 heterocycles. The van der Waals surface area contributed by atoms with Crippen LogP contribution in [0.25, 0.3) is 0 Å². The monoisotopic (exact) mass is 353 g/mol. The van der Waals surface area contributed by atoms with E-state index in [-0.39, 0.29) is 24.2 Å². The molecule has 2 aliphatic rings. The molecule has 25 heavy (non-hydrogen) atoms. The van der Waals surface area contributed by atoms with Gasteiger partial charge in [-0.15, -0.1) is 0 Å². The van der Waals surface area contributed by atoms with E-state index in [0.717, 1.165) is 19.3 Å². The SMILES string of the molecule is CC(C)(C)OC(=O)CC12CCCCC1CN(C(=O)OC(C)(C)C)C2=O. The molecule has 2 amide bonds. The van der Waals surface area contributed by atoms with Crippen molar-refractivity contribution in [1.82, 2.24) is 4.90 Å². The first kappa shape index (κ1) is 19.7. The molecule has 0 spiro atoms. The Hall–Kier alpha value is -1.59. The molecular formula is C19H31NO5. The highest BCUT2D eigenvalue weighted by Gasteiger charge is 2.58. The third-order valence-corrected chi connectivity index (χ3v) is 4.77. The minimum Gasteiger partial charge on any atom is -0.460 e. The highest BCUT2D eigenvalue weighted by molar-refractivity contribution is 5.99. The fraction of sp³-hybridized carbons (Fsp3) is 0.842.